The first-order chi connectivity index (χ1) is 9.88. The second-order valence-corrected chi connectivity index (χ2v) is 4.55. The molecule has 0 aliphatic heterocycles. The molecular weight excluding hydrogens is 289 g/mol. The minimum absolute atomic E-state index is 0.0733. The van der Waals surface area contributed by atoms with E-state index in [0.29, 0.717) is 0 Å². The van der Waals surface area contributed by atoms with Gasteiger partial charge in [-0.15, -0.1) is 0 Å². The van der Waals surface area contributed by atoms with Gasteiger partial charge >= 0.3 is 6.18 Å². The van der Waals surface area contributed by atoms with E-state index in [1.165, 1.54) is 24.3 Å². The van der Waals surface area contributed by atoms with Crippen LogP contribution in [0.4, 0.5) is 22.0 Å². The lowest BCUT2D eigenvalue weighted by molar-refractivity contribution is -0.137. The number of benzene rings is 2. The van der Waals surface area contributed by atoms with E-state index in [4.69, 9.17) is 0 Å². The van der Waals surface area contributed by atoms with Gasteiger partial charge in [0.05, 0.1) is 5.56 Å². The second-order valence-electron chi connectivity index (χ2n) is 4.55. The van der Waals surface area contributed by atoms with Crippen molar-refractivity contribution in [2.24, 2.45) is 0 Å². The van der Waals surface area contributed by atoms with E-state index < -0.39 is 23.5 Å². The number of nitrogens with one attached hydrogen (secondary N) is 1. The Morgan fingerprint density at radius 2 is 1.62 bits per heavy atom. The maximum Gasteiger partial charge on any atom is 0.417 e. The average Bonchev–Trinajstić information content (AvgIpc) is 2.73. The van der Waals surface area contributed by atoms with Crippen molar-refractivity contribution in [1.29, 1.82) is 0 Å². The zero-order valence-corrected chi connectivity index (χ0v) is 10.4. The van der Waals surface area contributed by atoms with Crippen molar-refractivity contribution in [1.82, 2.24) is 4.98 Å². The summed E-state index contributed by atoms with van der Waals surface area (Å²) in [7, 11) is 0. The molecule has 0 saturated heterocycles. The van der Waals surface area contributed by atoms with Crippen molar-refractivity contribution >= 4 is 10.9 Å². The fourth-order valence-electron chi connectivity index (χ4n) is 2.34. The standard InChI is InChI=1S/C15H8F5N/c16-8-5-6-12-10(7-8)13(14(17)21-12)9-3-1-2-4-11(9)15(18,19)20/h1-7,21H. The lowest BCUT2D eigenvalue weighted by Crippen LogP contribution is -2.07. The number of aromatic nitrogens is 1. The Morgan fingerprint density at radius 1 is 0.905 bits per heavy atom. The molecule has 1 aromatic heterocycles. The summed E-state index contributed by atoms with van der Waals surface area (Å²) in [6.45, 7) is 0. The van der Waals surface area contributed by atoms with Crippen molar-refractivity contribution in [3.8, 4) is 11.1 Å². The lowest BCUT2D eigenvalue weighted by atomic mass is 9.98. The van der Waals surface area contributed by atoms with Crippen molar-refractivity contribution < 1.29 is 22.0 Å². The lowest BCUT2D eigenvalue weighted by Gasteiger charge is -2.12. The zero-order chi connectivity index (χ0) is 15.2. The molecule has 1 heterocycles. The van der Waals surface area contributed by atoms with Gasteiger partial charge in [0.2, 0.25) is 0 Å². The quantitative estimate of drug-likeness (QED) is 0.599. The highest BCUT2D eigenvalue weighted by Gasteiger charge is 2.34. The van der Waals surface area contributed by atoms with Crippen LogP contribution in [0.3, 0.4) is 0 Å². The number of rotatable bonds is 1. The number of alkyl halides is 3. The summed E-state index contributed by atoms with van der Waals surface area (Å²) in [6.07, 6.45) is -4.63. The Bertz CT molecular complexity index is 817. The SMILES string of the molecule is Fc1ccc2[nH]c(F)c(-c3ccccc3C(F)(F)F)c2c1. The Kier molecular flexibility index (Phi) is 2.97. The van der Waals surface area contributed by atoms with Crippen LogP contribution in [-0.4, -0.2) is 4.98 Å². The molecule has 0 radical (unpaired) electrons. The second kappa shape index (κ2) is 4.58. The van der Waals surface area contributed by atoms with Crippen LogP contribution in [0.2, 0.25) is 0 Å². The van der Waals surface area contributed by atoms with Crippen molar-refractivity contribution in [3.05, 3.63) is 59.8 Å². The minimum atomic E-state index is -4.63. The minimum Gasteiger partial charge on any atom is -0.331 e. The molecule has 1 N–H and O–H groups in total. The molecule has 0 atom stereocenters. The van der Waals surface area contributed by atoms with Crippen LogP contribution in [0, 0.1) is 11.8 Å². The van der Waals surface area contributed by atoms with E-state index in [-0.39, 0.29) is 22.0 Å². The predicted molar refractivity (Wildman–Crippen MR) is 68.7 cm³/mol. The topological polar surface area (TPSA) is 15.8 Å². The molecule has 3 rings (SSSR count). The van der Waals surface area contributed by atoms with E-state index in [9.17, 15) is 22.0 Å². The Hall–Kier alpha value is -2.37. The molecule has 108 valence electrons. The third kappa shape index (κ3) is 2.26. The maximum absolute atomic E-state index is 14.0. The van der Waals surface area contributed by atoms with Gasteiger partial charge in [0.25, 0.3) is 0 Å². The van der Waals surface area contributed by atoms with Crippen LogP contribution in [0.25, 0.3) is 22.0 Å². The van der Waals surface area contributed by atoms with Crippen LogP contribution in [0.15, 0.2) is 42.5 Å². The third-order valence-electron chi connectivity index (χ3n) is 3.22. The monoisotopic (exact) mass is 297 g/mol. The molecule has 6 heteroatoms. The molecule has 0 spiro atoms. The highest BCUT2D eigenvalue weighted by atomic mass is 19.4. The van der Waals surface area contributed by atoms with Gasteiger partial charge in [0, 0.05) is 16.5 Å². The van der Waals surface area contributed by atoms with E-state index in [1.54, 1.807) is 0 Å². The molecule has 0 amide bonds. The molecular formula is C15H8F5N. The maximum atomic E-state index is 14.0. The molecule has 0 saturated carbocycles. The van der Waals surface area contributed by atoms with Crippen LogP contribution in [0.1, 0.15) is 5.56 Å². The van der Waals surface area contributed by atoms with Crippen molar-refractivity contribution in [3.63, 3.8) is 0 Å². The summed E-state index contributed by atoms with van der Waals surface area (Å²) in [5.74, 6) is -1.57. The van der Waals surface area contributed by atoms with Gasteiger partial charge in [-0.3, -0.25) is 0 Å². The van der Waals surface area contributed by atoms with Crippen LogP contribution in [-0.2, 0) is 6.18 Å². The number of aromatic amines is 1. The molecule has 1 nitrogen and oxygen atoms in total. The van der Waals surface area contributed by atoms with Crippen molar-refractivity contribution in [2.45, 2.75) is 6.18 Å². The molecule has 0 fully saturated rings. The van der Waals surface area contributed by atoms with Gasteiger partial charge < -0.3 is 4.98 Å². The summed E-state index contributed by atoms with van der Waals surface area (Å²) in [5.41, 5.74) is -1.33. The average molecular weight is 297 g/mol. The molecule has 2 aromatic carbocycles. The van der Waals surface area contributed by atoms with Crippen molar-refractivity contribution in [2.75, 3.05) is 0 Å². The van der Waals surface area contributed by atoms with Gasteiger partial charge in [-0.25, -0.2) is 4.39 Å². The summed E-state index contributed by atoms with van der Waals surface area (Å²) >= 11 is 0. The van der Waals surface area contributed by atoms with Crippen LogP contribution < -0.4 is 0 Å². The first-order valence-electron chi connectivity index (χ1n) is 6.01. The highest BCUT2D eigenvalue weighted by molar-refractivity contribution is 5.96. The number of H-pyrrole nitrogens is 1. The Morgan fingerprint density at radius 3 is 2.33 bits per heavy atom. The molecule has 0 aliphatic rings. The van der Waals surface area contributed by atoms with Gasteiger partial charge in [-0.1, -0.05) is 18.2 Å². The van der Waals surface area contributed by atoms with Gasteiger partial charge in [0.15, 0.2) is 5.95 Å². The fourth-order valence-corrected chi connectivity index (χ4v) is 2.34. The van der Waals surface area contributed by atoms with E-state index in [2.05, 4.69) is 4.98 Å². The number of fused-ring (bicyclic) bond motifs is 1. The summed E-state index contributed by atoms with van der Waals surface area (Å²) < 4.78 is 66.5. The first kappa shape index (κ1) is 13.6. The Balaban J connectivity index is 2.36. The molecule has 0 aliphatic carbocycles. The number of halogens is 5. The van der Waals surface area contributed by atoms with Gasteiger partial charge in [0.1, 0.15) is 5.82 Å². The Labute approximate surface area is 116 Å². The number of hydrogen-bond donors (Lipinski definition) is 1. The fraction of sp³-hybridized carbons (Fsp3) is 0.0667. The zero-order valence-electron chi connectivity index (χ0n) is 10.4. The molecule has 21 heavy (non-hydrogen) atoms. The summed E-state index contributed by atoms with van der Waals surface area (Å²) in [6, 6.07) is 8.04. The van der Waals surface area contributed by atoms with Crippen LogP contribution >= 0.6 is 0 Å². The van der Waals surface area contributed by atoms with E-state index >= 15 is 0 Å². The third-order valence-corrected chi connectivity index (χ3v) is 3.22. The largest absolute Gasteiger partial charge is 0.417 e. The smallest absolute Gasteiger partial charge is 0.331 e. The first-order valence-corrected chi connectivity index (χ1v) is 6.01. The molecule has 0 unspecified atom stereocenters. The van der Waals surface area contributed by atoms with Crippen LogP contribution in [0.5, 0.6) is 0 Å². The molecule has 0 bridgehead atoms. The summed E-state index contributed by atoms with van der Waals surface area (Å²) in [5, 5.41) is 0.0733. The highest BCUT2D eigenvalue weighted by Crippen LogP contribution is 2.40. The predicted octanol–water partition coefficient (Wildman–Crippen LogP) is 5.13. The van der Waals surface area contributed by atoms with E-state index in [1.807, 2.05) is 0 Å². The van der Waals surface area contributed by atoms with E-state index in [0.717, 1.165) is 18.2 Å². The number of hydrogen-bond acceptors (Lipinski definition) is 0. The normalized spacial score (nSPS) is 12.0. The molecule has 3 aromatic rings. The van der Waals surface area contributed by atoms with Gasteiger partial charge in [-0.2, -0.15) is 17.6 Å². The summed E-state index contributed by atoms with van der Waals surface area (Å²) in [4.78, 5) is 2.33. The van der Waals surface area contributed by atoms with Gasteiger partial charge in [-0.05, 0) is 29.8 Å².